The molecule has 1 aromatic carbocycles. The van der Waals surface area contributed by atoms with E-state index in [-0.39, 0.29) is 5.41 Å². The van der Waals surface area contributed by atoms with Crippen LogP contribution in [0.2, 0.25) is 5.02 Å². The molecule has 2 rings (SSSR count). The molecule has 0 saturated heterocycles. The van der Waals surface area contributed by atoms with E-state index in [1.54, 1.807) is 0 Å². The Kier molecular flexibility index (Phi) is 3.91. The lowest BCUT2D eigenvalue weighted by atomic mass is 9.79. The molecule has 2 heteroatoms. The maximum atomic E-state index is 12.5. The highest BCUT2D eigenvalue weighted by Crippen LogP contribution is 2.43. The van der Waals surface area contributed by atoms with Crippen molar-refractivity contribution in [3.8, 4) is 0 Å². The fourth-order valence-electron chi connectivity index (χ4n) is 2.76. The van der Waals surface area contributed by atoms with Crippen molar-refractivity contribution in [1.29, 1.82) is 0 Å². The molecule has 96 valence electrons. The zero-order valence-corrected chi connectivity index (χ0v) is 11.8. The van der Waals surface area contributed by atoms with Gasteiger partial charge in [0.05, 0.1) is 0 Å². The summed E-state index contributed by atoms with van der Waals surface area (Å²) in [6.45, 7) is 4.24. The van der Waals surface area contributed by atoms with Gasteiger partial charge in [-0.25, -0.2) is 0 Å². The van der Waals surface area contributed by atoms with Crippen LogP contribution in [-0.4, -0.2) is 5.78 Å². The summed E-state index contributed by atoms with van der Waals surface area (Å²) in [6.07, 6.45) is 5.81. The smallest absolute Gasteiger partial charge is 0.164 e. The Morgan fingerprint density at radius 1 is 1.22 bits per heavy atom. The first-order valence-corrected chi connectivity index (χ1v) is 7.00. The highest BCUT2D eigenvalue weighted by atomic mass is 35.5. The number of rotatable bonds is 3. The van der Waals surface area contributed by atoms with Crippen LogP contribution in [0.1, 0.15) is 45.1 Å². The van der Waals surface area contributed by atoms with Crippen LogP contribution >= 0.6 is 11.6 Å². The van der Waals surface area contributed by atoms with Gasteiger partial charge in [-0.1, -0.05) is 37.6 Å². The highest BCUT2D eigenvalue weighted by molar-refractivity contribution is 6.30. The summed E-state index contributed by atoms with van der Waals surface area (Å²) in [5, 5.41) is 0.728. The van der Waals surface area contributed by atoms with Gasteiger partial charge in [0.25, 0.3) is 0 Å². The van der Waals surface area contributed by atoms with E-state index in [0.717, 1.165) is 41.8 Å². The lowest BCUT2D eigenvalue weighted by Gasteiger charge is -2.22. The number of hydrogen-bond acceptors (Lipinski definition) is 1. The number of ketones is 1. The Balaban J connectivity index is 2.26. The van der Waals surface area contributed by atoms with Gasteiger partial charge in [-0.2, -0.15) is 0 Å². The molecule has 0 amide bonds. The van der Waals surface area contributed by atoms with Crippen LogP contribution in [0.4, 0.5) is 0 Å². The molecule has 0 heterocycles. The summed E-state index contributed by atoms with van der Waals surface area (Å²) < 4.78 is 0. The summed E-state index contributed by atoms with van der Waals surface area (Å²) in [6, 6.07) is 7.64. The maximum Gasteiger partial charge on any atom is 0.164 e. The molecular weight excluding hydrogens is 244 g/mol. The van der Waals surface area contributed by atoms with Crippen molar-refractivity contribution in [3.63, 3.8) is 0 Å². The minimum atomic E-state index is -0.0989. The fourth-order valence-corrected chi connectivity index (χ4v) is 2.89. The molecule has 0 unspecified atom stereocenters. The van der Waals surface area contributed by atoms with Crippen LogP contribution < -0.4 is 0 Å². The lowest BCUT2D eigenvalue weighted by molar-refractivity contribution is -0.123. The number of benzene rings is 1. The first kappa shape index (κ1) is 13.4. The normalized spacial score (nSPS) is 20.6. The fraction of sp³-hybridized carbons (Fsp3) is 0.438. The number of carbonyl (C=O) groups is 1. The molecule has 0 aliphatic heterocycles. The van der Waals surface area contributed by atoms with Gasteiger partial charge in [-0.05, 0) is 55.0 Å². The van der Waals surface area contributed by atoms with Crippen molar-refractivity contribution < 1.29 is 4.79 Å². The number of hydrogen-bond donors (Lipinski definition) is 0. The van der Waals surface area contributed by atoms with Gasteiger partial charge in [0.2, 0.25) is 0 Å². The van der Waals surface area contributed by atoms with Crippen LogP contribution in [0.25, 0.3) is 6.08 Å². The second-order valence-corrected chi connectivity index (χ2v) is 5.47. The van der Waals surface area contributed by atoms with Gasteiger partial charge in [0.1, 0.15) is 0 Å². The predicted octanol–water partition coefficient (Wildman–Crippen LogP) is 4.89. The van der Waals surface area contributed by atoms with E-state index in [0.29, 0.717) is 5.78 Å². The van der Waals surface area contributed by atoms with Crippen molar-refractivity contribution in [2.75, 3.05) is 0 Å². The first-order chi connectivity index (χ1) is 8.61. The third-order valence-electron chi connectivity index (χ3n) is 4.21. The maximum absolute atomic E-state index is 12.5. The summed E-state index contributed by atoms with van der Waals surface area (Å²) in [7, 11) is 0. The predicted molar refractivity (Wildman–Crippen MR) is 76.7 cm³/mol. The average Bonchev–Trinajstić information content (AvgIpc) is 2.70. The second kappa shape index (κ2) is 5.27. The highest BCUT2D eigenvalue weighted by Gasteiger charge is 2.41. The number of halogens is 1. The molecule has 0 bridgehead atoms. The van der Waals surface area contributed by atoms with Gasteiger partial charge in [0.15, 0.2) is 5.78 Å². The van der Waals surface area contributed by atoms with Crippen LogP contribution in [-0.2, 0) is 4.79 Å². The minimum Gasteiger partial charge on any atom is -0.294 e. The largest absolute Gasteiger partial charge is 0.294 e. The summed E-state index contributed by atoms with van der Waals surface area (Å²) in [5.74, 6) is 0.349. The van der Waals surface area contributed by atoms with Gasteiger partial charge >= 0.3 is 0 Å². The molecule has 1 aliphatic rings. The third kappa shape index (κ3) is 2.37. The topological polar surface area (TPSA) is 17.1 Å². The van der Waals surface area contributed by atoms with Crippen LogP contribution in [0.15, 0.2) is 29.8 Å². The quantitative estimate of drug-likeness (QED) is 0.709. The summed E-state index contributed by atoms with van der Waals surface area (Å²) in [5.41, 5.74) is 1.94. The Labute approximate surface area is 114 Å². The molecule has 0 atom stereocenters. The number of carbonyl (C=O) groups excluding carboxylic acids is 1. The Hall–Kier alpha value is -1.08. The zero-order valence-electron chi connectivity index (χ0n) is 11.0. The molecule has 0 radical (unpaired) electrons. The second-order valence-electron chi connectivity index (χ2n) is 5.04. The third-order valence-corrected chi connectivity index (χ3v) is 4.46. The molecule has 1 fully saturated rings. The van der Waals surface area contributed by atoms with Crippen molar-refractivity contribution in [3.05, 3.63) is 40.4 Å². The average molecular weight is 263 g/mol. The van der Waals surface area contributed by atoms with Crippen LogP contribution in [0.3, 0.4) is 0 Å². The zero-order chi connectivity index (χ0) is 13.2. The van der Waals surface area contributed by atoms with E-state index >= 15 is 0 Å². The van der Waals surface area contributed by atoms with Crippen molar-refractivity contribution in [2.24, 2.45) is 5.41 Å². The lowest BCUT2D eigenvalue weighted by Crippen LogP contribution is -2.24. The molecule has 1 saturated carbocycles. The molecule has 0 N–H and O–H groups in total. The van der Waals surface area contributed by atoms with Crippen molar-refractivity contribution >= 4 is 23.5 Å². The SMILES string of the molecule is CCC1(CC)CCC(=Cc2ccc(Cl)cc2)C1=O. The standard InChI is InChI=1S/C16H19ClO/c1-3-16(4-2)10-9-13(15(16)18)11-12-5-7-14(17)8-6-12/h5-8,11H,3-4,9-10H2,1-2H3. The van der Waals surface area contributed by atoms with Gasteiger partial charge in [-0.3, -0.25) is 4.79 Å². The molecule has 1 nitrogen and oxygen atoms in total. The van der Waals surface area contributed by atoms with Crippen LogP contribution in [0.5, 0.6) is 0 Å². The Morgan fingerprint density at radius 3 is 2.33 bits per heavy atom. The van der Waals surface area contributed by atoms with Crippen molar-refractivity contribution in [2.45, 2.75) is 39.5 Å². The van der Waals surface area contributed by atoms with E-state index in [4.69, 9.17) is 11.6 Å². The molecule has 0 spiro atoms. The monoisotopic (exact) mass is 262 g/mol. The van der Waals surface area contributed by atoms with E-state index in [2.05, 4.69) is 13.8 Å². The van der Waals surface area contributed by atoms with Gasteiger partial charge in [-0.15, -0.1) is 0 Å². The van der Waals surface area contributed by atoms with Crippen LogP contribution in [0, 0.1) is 5.41 Å². The molecule has 1 aliphatic carbocycles. The molecular formula is C16H19ClO. The van der Waals surface area contributed by atoms with E-state index in [9.17, 15) is 4.79 Å². The molecule has 0 aromatic heterocycles. The molecule has 1 aromatic rings. The number of Topliss-reactive ketones (excluding diaryl/α,β-unsaturated/α-hetero) is 1. The first-order valence-electron chi connectivity index (χ1n) is 6.62. The number of allylic oxidation sites excluding steroid dienone is 1. The minimum absolute atomic E-state index is 0.0989. The summed E-state index contributed by atoms with van der Waals surface area (Å²) in [4.78, 5) is 12.5. The van der Waals surface area contributed by atoms with E-state index < -0.39 is 0 Å². The van der Waals surface area contributed by atoms with E-state index in [1.165, 1.54) is 0 Å². The van der Waals surface area contributed by atoms with Gasteiger partial charge < -0.3 is 0 Å². The Bertz CT molecular complexity index is 466. The van der Waals surface area contributed by atoms with Gasteiger partial charge in [0, 0.05) is 10.4 Å². The Morgan fingerprint density at radius 2 is 1.83 bits per heavy atom. The van der Waals surface area contributed by atoms with E-state index in [1.807, 2.05) is 30.3 Å². The summed E-state index contributed by atoms with van der Waals surface area (Å²) >= 11 is 5.86. The van der Waals surface area contributed by atoms with Crippen molar-refractivity contribution in [1.82, 2.24) is 0 Å². The molecule has 18 heavy (non-hydrogen) atoms.